The second kappa shape index (κ2) is 5.16. The molecule has 0 saturated heterocycles. The molecule has 0 aromatic heterocycles. The number of rotatable bonds is 4. The summed E-state index contributed by atoms with van der Waals surface area (Å²) in [5, 5.41) is 0. The Balaban J connectivity index is 3.23. The van der Waals surface area contributed by atoms with Gasteiger partial charge in [0.1, 0.15) is 0 Å². The van der Waals surface area contributed by atoms with Gasteiger partial charge in [-0.15, -0.1) is 0 Å². The zero-order valence-electron chi connectivity index (χ0n) is 10.5. The Morgan fingerprint density at radius 3 is 2.35 bits per heavy atom. The van der Waals surface area contributed by atoms with Crippen LogP contribution in [0.5, 0.6) is 0 Å². The van der Waals surface area contributed by atoms with Gasteiger partial charge in [0.05, 0.1) is 4.90 Å². The first-order valence-electron chi connectivity index (χ1n) is 5.58. The maximum absolute atomic E-state index is 12.1. The van der Waals surface area contributed by atoms with Gasteiger partial charge in [0.2, 0.25) is 10.0 Å². The molecule has 0 radical (unpaired) electrons. The van der Waals surface area contributed by atoms with Crippen molar-refractivity contribution in [2.45, 2.75) is 31.1 Å². The van der Waals surface area contributed by atoms with Crippen LogP contribution >= 0.6 is 0 Å². The lowest BCUT2D eigenvalue weighted by molar-refractivity contribution is 0.555. The topological polar surface area (TPSA) is 72.2 Å². The van der Waals surface area contributed by atoms with Gasteiger partial charge in [-0.05, 0) is 17.0 Å². The zero-order chi connectivity index (χ0) is 13.1. The minimum atomic E-state index is -3.47. The van der Waals surface area contributed by atoms with E-state index in [1.807, 2.05) is 32.9 Å². The van der Waals surface area contributed by atoms with E-state index < -0.39 is 10.0 Å². The molecular weight excluding hydrogens is 236 g/mol. The summed E-state index contributed by atoms with van der Waals surface area (Å²) in [6.45, 7) is 6.51. The minimum Gasteiger partial charge on any atom is -0.329 e. The lowest BCUT2D eigenvalue weighted by atomic mass is 9.87. The van der Waals surface area contributed by atoms with Gasteiger partial charge in [0.25, 0.3) is 0 Å². The number of nitrogens with two attached hydrogens (primary N) is 1. The van der Waals surface area contributed by atoms with Crippen LogP contribution in [0.3, 0.4) is 0 Å². The third kappa shape index (κ3) is 3.52. The summed E-state index contributed by atoms with van der Waals surface area (Å²) in [7, 11) is -3.47. The van der Waals surface area contributed by atoms with Crippen molar-refractivity contribution in [3.8, 4) is 0 Å². The summed E-state index contributed by atoms with van der Waals surface area (Å²) in [6, 6.07) is 7.05. The summed E-state index contributed by atoms with van der Waals surface area (Å²) in [5.41, 5.74) is 5.91. The summed E-state index contributed by atoms with van der Waals surface area (Å²) in [4.78, 5) is 0.334. The van der Waals surface area contributed by atoms with E-state index in [1.165, 1.54) is 0 Å². The van der Waals surface area contributed by atoms with Crippen molar-refractivity contribution in [2.24, 2.45) is 5.73 Å². The third-order valence-corrected chi connectivity index (χ3v) is 3.94. The maximum atomic E-state index is 12.1. The van der Waals surface area contributed by atoms with Gasteiger partial charge in [-0.25, -0.2) is 13.1 Å². The van der Waals surface area contributed by atoms with Crippen LogP contribution in [-0.4, -0.2) is 21.5 Å². The molecule has 0 saturated carbocycles. The van der Waals surface area contributed by atoms with Crippen LogP contribution in [0.1, 0.15) is 26.3 Å². The quantitative estimate of drug-likeness (QED) is 0.851. The second-order valence-corrected chi connectivity index (χ2v) is 6.67. The average Bonchev–Trinajstić information content (AvgIpc) is 2.25. The third-order valence-electron chi connectivity index (χ3n) is 2.42. The lowest BCUT2D eigenvalue weighted by Crippen LogP contribution is -2.31. The highest BCUT2D eigenvalue weighted by atomic mass is 32.2. The molecule has 1 rings (SSSR count). The van der Waals surface area contributed by atoms with Crippen LogP contribution in [0.4, 0.5) is 0 Å². The summed E-state index contributed by atoms with van der Waals surface area (Å²) in [6.07, 6.45) is 0. The van der Waals surface area contributed by atoms with Gasteiger partial charge in [-0.3, -0.25) is 0 Å². The van der Waals surface area contributed by atoms with Crippen LogP contribution in [0.25, 0.3) is 0 Å². The van der Waals surface area contributed by atoms with Crippen molar-refractivity contribution in [1.82, 2.24) is 4.72 Å². The Morgan fingerprint density at radius 1 is 1.24 bits per heavy atom. The molecular formula is C12H20N2O2S. The number of hydrogen-bond acceptors (Lipinski definition) is 3. The van der Waals surface area contributed by atoms with Gasteiger partial charge >= 0.3 is 0 Å². The minimum absolute atomic E-state index is 0.214. The number of benzene rings is 1. The molecule has 0 aliphatic heterocycles. The fourth-order valence-corrected chi connectivity index (χ4v) is 3.06. The van der Waals surface area contributed by atoms with Crippen molar-refractivity contribution < 1.29 is 8.42 Å². The molecule has 3 N–H and O–H groups in total. The van der Waals surface area contributed by atoms with Gasteiger partial charge in [0, 0.05) is 13.1 Å². The molecule has 0 aliphatic rings. The molecule has 5 heteroatoms. The highest BCUT2D eigenvalue weighted by Crippen LogP contribution is 2.28. The Bertz CT molecular complexity index is 476. The highest BCUT2D eigenvalue weighted by Gasteiger charge is 2.24. The fraction of sp³-hybridized carbons (Fsp3) is 0.500. The van der Waals surface area contributed by atoms with E-state index in [4.69, 9.17) is 5.73 Å². The van der Waals surface area contributed by atoms with Gasteiger partial charge in [0.15, 0.2) is 0 Å². The van der Waals surface area contributed by atoms with E-state index in [0.717, 1.165) is 5.56 Å². The van der Waals surface area contributed by atoms with Crippen LogP contribution in [0, 0.1) is 0 Å². The van der Waals surface area contributed by atoms with E-state index in [2.05, 4.69) is 4.72 Å². The Labute approximate surface area is 103 Å². The van der Waals surface area contributed by atoms with E-state index in [-0.39, 0.29) is 18.5 Å². The van der Waals surface area contributed by atoms with Gasteiger partial charge < -0.3 is 5.73 Å². The van der Waals surface area contributed by atoms with Gasteiger partial charge in [-0.2, -0.15) is 0 Å². The molecule has 4 nitrogen and oxygen atoms in total. The first-order chi connectivity index (χ1) is 7.79. The molecule has 0 spiro atoms. The van der Waals surface area contributed by atoms with Crippen molar-refractivity contribution in [3.05, 3.63) is 29.8 Å². The SMILES string of the molecule is CC(C)(C)c1ccccc1S(=O)(=O)NCCN. The van der Waals surface area contributed by atoms with E-state index >= 15 is 0 Å². The molecule has 0 unspecified atom stereocenters. The molecule has 0 aliphatic carbocycles. The first kappa shape index (κ1) is 14.2. The lowest BCUT2D eigenvalue weighted by Gasteiger charge is -2.22. The molecule has 1 aromatic carbocycles. The van der Waals surface area contributed by atoms with Crippen molar-refractivity contribution in [2.75, 3.05) is 13.1 Å². The summed E-state index contributed by atoms with van der Waals surface area (Å²) in [5.74, 6) is 0. The molecule has 0 bridgehead atoms. The van der Waals surface area contributed by atoms with Crippen LogP contribution < -0.4 is 10.5 Å². The Hall–Kier alpha value is -0.910. The van der Waals surface area contributed by atoms with E-state index in [1.54, 1.807) is 12.1 Å². The largest absolute Gasteiger partial charge is 0.329 e. The first-order valence-corrected chi connectivity index (χ1v) is 7.06. The monoisotopic (exact) mass is 256 g/mol. The molecule has 17 heavy (non-hydrogen) atoms. The van der Waals surface area contributed by atoms with Crippen molar-refractivity contribution in [3.63, 3.8) is 0 Å². The second-order valence-electron chi connectivity index (χ2n) is 4.93. The predicted octanol–water partition coefficient (Wildman–Crippen LogP) is 1.22. The number of nitrogens with one attached hydrogen (secondary N) is 1. The van der Waals surface area contributed by atoms with Crippen molar-refractivity contribution >= 4 is 10.0 Å². The predicted molar refractivity (Wildman–Crippen MR) is 69.4 cm³/mol. The van der Waals surface area contributed by atoms with Crippen LogP contribution in [0.15, 0.2) is 29.2 Å². The van der Waals surface area contributed by atoms with E-state index in [9.17, 15) is 8.42 Å². The molecule has 0 atom stereocenters. The number of hydrogen-bond donors (Lipinski definition) is 2. The fourth-order valence-electron chi connectivity index (χ4n) is 1.59. The molecule has 96 valence electrons. The van der Waals surface area contributed by atoms with E-state index in [0.29, 0.717) is 4.90 Å². The van der Waals surface area contributed by atoms with Crippen LogP contribution in [0.2, 0.25) is 0 Å². The zero-order valence-corrected chi connectivity index (χ0v) is 11.3. The summed E-state index contributed by atoms with van der Waals surface area (Å²) < 4.78 is 26.7. The molecule has 1 aromatic rings. The van der Waals surface area contributed by atoms with Crippen LogP contribution in [-0.2, 0) is 15.4 Å². The average molecular weight is 256 g/mol. The smallest absolute Gasteiger partial charge is 0.240 e. The normalized spacial score (nSPS) is 12.7. The molecule has 0 amide bonds. The highest BCUT2D eigenvalue weighted by molar-refractivity contribution is 7.89. The molecule has 0 heterocycles. The Morgan fingerprint density at radius 2 is 1.82 bits per heavy atom. The maximum Gasteiger partial charge on any atom is 0.240 e. The number of sulfonamides is 1. The summed E-state index contributed by atoms with van der Waals surface area (Å²) >= 11 is 0. The van der Waals surface area contributed by atoms with Crippen molar-refractivity contribution in [1.29, 1.82) is 0 Å². The Kier molecular flexibility index (Phi) is 4.30. The standard InChI is InChI=1S/C12H20N2O2S/c1-12(2,3)10-6-4-5-7-11(10)17(15,16)14-9-8-13/h4-7,14H,8-9,13H2,1-3H3. The van der Waals surface area contributed by atoms with Gasteiger partial charge in [-0.1, -0.05) is 39.0 Å². The molecule has 0 fully saturated rings.